The van der Waals surface area contributed by atoms with Crippen molar-refractivity contribution in [3.05, 3.63) is 45.5 Å². The summed E-state index contributed by atoms with van der Waals surface area (Å²) in [6.45, 7) is 6.15. The summed E-state index contributed by atoms with van der Waals surface area (Å²) in [7, 11) is 0. The fourth-order valence-corrected chi connectivity index (χ4v) is 3.25. The van der Waals surface area contributed by atoms with E-state index in [2.05, 4.69) is 22.9 Å². The molecule has 0 heterocycles. The molecule has 4 nitrogen and oxygen atoms in total. The van der Waals surface area contributed by atoms with E-state index in [-0.39, 0.29) is 23.3 Å². The summed E-state index contributed by atoms with van der Waals surface area (Å²) in [6.07, 6.45) is 3.66. The number of carbonyl (C=O) groups is 1. The van der Waals surface area contributed by atoms with E-state index in [0.29, 0.717) is 0 Å². The predicted molar refractivity (Wildman–Crippen MR) is 91.0 cm³/mol. The van der Waals surface area contributed by atoms with Crippen molar-refractivity contribution in [1.29, 1.82) is 0 Å². The van der Waals surface area contributed by atoms with Gasteiger partial charge < -0.3 is 0 Å². The zero-order chi connectivity index (χ0) is 16.5. The molecule has 5 heteroatoms. The van der Waals surface area contributed by atoms with E-state index in [9.17, 15) is 14.9 Å². The summed E-state index contributed by atoms with van der Waals surface area (Å²) in [5, 5.41) is 10.7. The molecule has 2 unspecified atom stereocenters. The Balaban J connectivity index is 2.35. The van der Waals surface area contributed by atoms with E-state index >= 15 is 0 Å². The number of Topliss-reactive ketones (excluding diaryl/α,β-unsaturated/α-hetero) is 1. The second kappa shape index (κ2) is 6.32. The van der Waals surface area contributed by atoms with Gasteiger partial charge in [-0.3, -0.25) is 14.9 Å². The molecule has 1 aliphatic rings. The normalized spacial score (nSPS) is 27.4. The van der Waals surface area contributed by atoms with Crippen LogP contribution in [0.1, 0.15) is 39.2 Å². The Morgan fingerprint density at radius 2 is 1.95 bits per heavy atom. The molecule has 0 amide bonds. The predicted octanol–water partition coefficient (Wildman–Crippen LogP) is 4.77. The lowest BCUT2D eigenvalue weighted by Crippen LogP contribution is -2.43. The SMILES string of the molecule is CC1CCC(Br)(C(C)C)C(=O)/C1=C/c1ccc([N+](=O)[O-])cc1. The van der Waals surface area contributed by atoms with Gasteiger partial charge in [-0.05, 0) is 48.4 Å². The van der Waals surface area contributed by atoms with Gasteiger partial charge in [0.15, 0.2) is 5.78 Å². The van der Waals surface area contributed by atoms with E-state index in [0.717, 1.165) is 24.0 Å². The van der Waals surface area contributed by atoms with Gasteiger partial charge in [0, 0.05) is 17.7 Å². The van der Waals surface area contributed by atoms with Crippen molar-refractivity contribution in [3.8, 4) is 0 Å². The number of nitrogens with zero attached hydrogens (tertiary/aromatic N) is 1. The smallest absolute Gasteiger partial charge is 0.269 e. The van der Waals surface area contributed by atoms with Gasteiger partial charge in [-0.2, -0.15) is 0 Å². The summed E-state index contributed by atoms with van der Waals surface area (Å²) in [5.41, 5.74) is 1.68. The first-order valence-electron chi connectivity index (χ1n) is 7.45. The number of hydrogen-bond acceptors (Lipinski definition) is 3. The molecule has 1 saturated carbocycles. The number of nitro benzene ring substituents is 1. The van der Waals surface area contributed by atoms with Crippen LogP contribution >= 0.6 is 15.9 Å². The Bertz CT molecular complexity index is 621. The van der Waals surface area contributed by atoms with Gasteiger partial charge in [0.05, 0.1) is 9.25 Å². The topological polar surface area (TPSA) is 60.2 Å². The van der Waals surface area contributed by atoms with Crippen molar-refractivity contribution in [2.24, 2.45) is 11.8 Å². The number of ketones is 1. The van der Waals surface area contributed by atoms with Crippen LogP contribution in [0, 0.1) is 22.0 Å². The highest BCUT2D eigenvalue weighted by molar-refractivity contribution is 9.10. The highest BCUT2D eigenvalue weighted by atomic mass is 79.9. The highest BCUT2D eigenvalue weighted by Gasteiger charge is 2.44. The quantitative estimate of drug-likeness (QED) is 0.335. The standard InChI is InChI=1S/C17H20BrNO3/c1-11(2)17(18)9-8-12(3)15(16(17)20)10-13-4-6-14(7-5-13)19(21)22/h4-7,10-12H,8-9H2,1-3H3/b15-10+. The fourth-order valence-electron chi connectivity index (χ4n) is 2.79. The number of benzene rings is 1. The molecular formula is C17H20BrNO3. The molecule has 1 fully saturated rings. The van der Waals surface area contributed by atoms with Gasteiger partial charge in [0.25, 0.3) is 5.69 Å². The average Bonchev–Trinajstić information content (AvgIpc) is 2.48. The van der Waals surface area contributed by atoms with E-state index in [1.54, 1.807) is 12.1 Å². The second-order valence-electron chi connectivity index (χ2n) is 6.23. The van der Waals surface area contributed by atoms with Gasteiger partial charge in [-0.15, -0.1) is 0 Å². The van der Waals surface area contributed by atoms with Crippen molar-refractivity contribution in [3.63, 3.8) is 0 Å². The molecule has 2 atom stereocenters. The van der Waals surface area contributed by atoms with Crippen LogP contribution in [-0.4, -0.2) is 15.0 Å². The van der Waals surface area contributed by atoms with Gasteiger partial charge in [0.2, 0.25) is 0 Å². The van der Waals surface area contributed by atoms with E-state index < -0.39 is 9.25 Å². The maximum absolute atomic E-state index is 12.9. The molecule has 1 aromatic rings. The minimum Gasteiger partial charge on any atom is -0.293 e. The van der Waals surface area contributed by atoms with Gasteiger partial charge in [-0.1, -0.05) is 36.7 Å². The van der Waals surface area contributed by atoms with Gasteiger partial charge in [-0.25, -0.2) is 0 Å². The summed E-state index contributed by atoms with van der Waals surface area (Å²) < 4.78 is -0.494. The third kappa shape index (κ3) is 3.14. The number of alkyl halides is 1. The first kappa shape index (κ1) is 16.9. The zero-order valence-corrected chi connectivity index (χ0v) is 14.6. The highest BCUT2D eigenvalue weighted by Crippen LogP contribution is 2.44. The molecule has 0 radical (unpaired) electrons. The van der Waals surface area contributed by atoms with Crippen molar-refractivity contribution in [2.45, 2.75) is 37.9 Å². The summed E-state index contributed by atoms with van der Waals surface area (Å²) in [6, 6.07) is 6.30. The van der Waals surface area contributed by atoms with Crippen LogP contribution in [0.3, 0.4) is 0 Å². The Kier molecular flexibility index (Phi) is 4.85. The maximum Gasteiger partial charge on any atom is 0.269 e. The van der Waals surface area contributed by atoms with Crippen LogP contribution in [0.2, 0.25) is 0 Å². The number of nitro groups is 1. The molecule has 1 aromatic carbocycles. The molecular weight excluding hydrogens is 346 g/mol. The number of hydrogen-bond donors (Lipinski definition) is 0. The number of rotatable bonds is 3. The zero-order valence-electron chi connectivity index (χ0n) is 13.0. The van der Waals surface area contributed by atoms with Crippen molar-refractivity contribution >= 4 is 33.5 Å². The monoisotopic (exact) mass is 365 g/mol. The Morgan fingerprint density at radius 3 is 2.45 bits per heavy atom. The summed E-state index contributed by atoms with van der Waals surface area (Å²) in [4.78, 5) is 23.1. The molecule has 1 aliphatic carbocycles. The lowest BCUT2D eigenvalue weighted by atomic mass is 9.73. The van der Waals surface area contributed by atoms with Crippen molar-refractivity contribution in [1.82, 2.24) is 0 Å². The Hall–Kier alpha value is -1.49. The van der Waals surface area contributed by atoms with Crippen LogP contribution in [0.15, 0.2) is 29.8 Å². The van der Waals surface area contributed by atoms with Gasteiger partial charge >= 0.3 is 0 Å². The summed E-state index contributed by atoms with van der Waals surface area (Å²) in [5.74, 6) is 0.555. The molecule has 0 spiro atoms. The molecule has 0 aromatic heterocycles. The lowest BCUT2D eigenvalue weighted by molar-refractivity contribution is -0.384. The van der Waals surface area contributed by atoms with E-state index in [1.807, 2.05) is 19.9 Å². The Labute approximate surface area is 138 Å². The largest absolute Gasteiger partial charge is 0.293 e. The first-order valence-corrected chi connectivity index (χ1v) is 8.24. The van der Waals surface area contributed by atoms with Crippen LogP contribution < -0.4 is 0 Å². The minimum atomic E-state index is -0.494. The average molecular weight is 366 g/mol. The molecule has 118 valence electrons. The number of non-ortho nitro benzene ring substituents is 1. The Morgan fingerprint density at radius 1 is 1.36 bits per heavy atom. The molecule has 0 N–H and O–H groups in total. The number of halogens is 1. The van der Waals surface area contributed by atoms with Crippen molar-refractivity contribution in [2.75, 3.05) is 0 Å². The molecule has 0 aliphatic heterocycles. The molecule has 0 bridgehead atoms. The molecule has 0 saturated heterocycles. The summed E-state index contributed by atoms with van der Waals surface area (Å²) >= 11 is 3.66. The lowest BCUT2D eigenvalue weighted by Gasteiger charge is -2.38. The van der Waals surface area contributed by atoms with Crippen LogP contribution in [0.25, 0.3) is 6.08 Å². The minimum absolute atomic E-state index is 0.0576. The van der Waals surface area contributed by atoms with Crippen LogP contribution in [-0.2, 0) is 4.79 Å². The van der Waals surface area contributed by atoms with Gasteiger partial charge in [0.1, 0.15) is 0 Å². The second-order valence-corrected chi connectivity index (χ2v) is 7.65. The molecule has 2 rings (SSSR count). The van der Waals surface area contributed by atoms with Crippen LogP contribution in [0.4, 0.5) is 5.69 Å². The fraction of sp³-hybridized carbons (Fsp3) is 0.471. The first-order chi connectivity index (χ1) is 10.3. The van der Waals surface area contributed by atoms with E-state index in [4.69, 9.17) is 0 Å². The number of allylic oxidation sites excluding steroid dienone is 1. The third-order valence-electron chi connectivity index (χ3n) is 4.45. The third-order valence-corrected chi connectivity index (χ3v) is 6.13. The maximum atomic E-state index is 12.9. The number of carbonyl (C=O) groups excluding carboxylic acids is 1. The molecule has 22 heavy (non-hydrogen) atoms. The van der Waals surface area contributed by atoms with Crippen LogP contribution in [0.5, 0.6) is 0 Å². The van der Waals surface area contributed by atoms with E-state index in [1.165, 1.54) is 12.1 Å². The van der Waals surface area contributed by atoms with Crippen molar-refractivity contribution < 1.29 is 9.72 Å².